The first-order valence-corrected chi connectivity index (χ1v) is 9.88. The van der Waals surface area contributed by atoms with Gasteiger partial charge in [0.25, 0.3) is 0 Å². The van der Waals surface area contributed by atoms with E-state index in [1.807, 2.05) is 49.4 Å². The summed E-state index contributed by atoms with van der Waals surface area (Å²) in [7, 11) is 0. The van der Waals surface area contributed by atoms with Crippen LogP contribution >= 0.6 is 0 Å². The van der Waals surface area contributed by atoms with Crippen LogP contribution in [0.3, 0.4) is 0 Å². The minimum Gasteiger partial charge on any atom is -0.363 e. The number of nitrogens with zero attached hydrogens (tertiary/aromatic N) is 2. The molecule has 3 aromatic rings. The third-order valence-corrected chi connectivity index (χ3v) is 5.04. The van der Waals surface area contributed by atoms with E-state index in [-0.39, 0.29) is 0 Å². The Labute approximate surface area is 166 Å². The Bertz CT molecular complexity index is 987. The van der Waals surface area contributed by atoms with Gasteiger partial charge in [0.05, 0.1) is 11.7 Å². The number of aromatic nitrogens is 2. The van der Waals surface area contributed by atoms with E-state index in [9.17, 15) is 0 Å². The van der Waals surface area contributed by atoms with Crippen LogP contribution in [0, 0.1) is 6.92 Å². The Morgan fingerprint density at radius 3 is 2.29 bits per heavy atom. The van der Waals surface area contributed by atoms with Gasteiger partial charge in [0, 0.05) is 11.6 Å². The molecule has 0 amide bonds. The van der Waals surface area contributed by atoms with Crippen molar-refractivity contribution in [3.05, 3.63) is 102 Å². The molecule has 28 heavy (non-hydrogen) atoms. The predicted octanol–water partition coefficient (Wildman–Crippen LogP) is 6.07. The Hall–Kier alpha value is -3.20. The summed E-state index contributed by atoms with van der Waals surface area (Å²) in [6.45, 7) is 1.95. The average Bonchev–Trinajstić information content (AvgIpc) is 2.72. The molecule has 1 aliphatic rings. The van der Waals surface area contributed by atoms with Crippen LogP contribution in [-0.2, 0) is 6.42 Å². The van der Waals surface area contributed by atoms with Gasteiger partial charge >= 0.3 is 0 Å². The van der Waals surface area contributed by atoms with Crippen LogP contribution in [0.4, 0.5) is 5.82 Å². The Morgan fingerprint density at radius 2 is 1.50 bits per heavy atom. The van der Waals surface area contributed by atoms with E-state index in [2.05, 4.69) is 57.7 Å². The van der Waals surface area contributed by atoms with E-state index in [0.717, 1.165) is 35.7 Å². The summed E-state index contributed by atoms with van der Waals surface area (Å²) < 4.78 is 0. The van der Waals surface area contributed by atoms with E-state index in [0.29, 0.717) is 6.04 Å². The zero-order valence-electron chi connectivity index (χ0n) is 16.2. The summed E-state index contributed by atoms with van der Waals surface area (Å²) in [5.74, 6) is 1.66. The van der Waals surface area contributed by atoms with Crippen LogP contribution in [0.15, 0.2) is 84.9 Å². The lowest BCUT2D eigenvalue weighted by atomic mass is 9.88. The van der Waals surface area contributed by atoms with E-state index in [4.69, 9.17) is 0 Å². The number of fused-ring (bicyclic) bond motifs is 1. The van der Waals surface area contributed by atoms with Crippen LogP contribution < -0.4 is 5.32 Å². The summed E-state index contributed by atoms with van der Waals surface area (Å²) in [4.78, 5) is 9.33. The Kier molecular flexibility index (Phi) is 5.62. The van der Waals surface area contributed by atoms with Gasteiger partial charge in [0.1, 0.15) is 11.6 Å². The number of aryl methyl sites for hydroxylation is 2. The highest BCUT2D eigenvalue weighted by molar-refractivity contribution is 5.62. The fourth-order valence-electron chi connectivity index (χ4n) is 3.74. The van der Waals surface area contributed by atoms with Gasteiger partial charge < -0.3 is 5.32 Å². The zero-order valence-corrected chi connectivity index (χ0v) is 16.2. The standard InChI is InChI=1S/C25H25N3/c1-19-26-24(21-13-7-5-3-2-4-6-8-14-21)18-25(27-19)28-23-17-11-15-20-12-9-10-16-22(20)23/h2-10,12-14,16,18,23H,11,15,17H2,1H3,(H,26,27,28). The molecule has 1 heterocycles. The third kappa shape index (κ3) is 4.37. The highest BCUT2D eigenvalue weighted by Crippen LogP contribution is 2.32. The molecular weight excluding hydrogens is 342 g/mol. The lowest BCUT2D eigenvalue weighted by molar-refractivity contribution is 0.598. The minimum absolute atomic E-state index is 0.300. The van der Waals surface area contributed by atoms with Gasteiger partial charge in [-0.2, -0.15) is 0 Å². The molecule has 1 atom stereocenters. The summed E-state index contributed by atoms with van der Waals surface area (Å²) >= 11 is 0. The summed E-state index contributed by atoms with van der Waals surface area (Å²) in [6, 6.07) is 29.4. The van der Waals surface area contributed by atoms with Crippen LogP contribution in [0.1, 0.15) is 35.8 Å². The van der Waals surface area contributed by atoms with E-state index >= 15 is 0 Å². The molecule has 0 bridgehead atoms. The van der Waals surface area contributed by atoms with Gasteiger partial charge in [-0.25, -0.2) is 9.97 Å². The zero-order chi connectivity index (χ0) is 19.2. The maximum absolute atomic E-state index is 4.67. The van der Waals surface area contributed by atoms with Crippen LogP contribution in [0.5, 0.6) is 0 Å². The molecule has 0 fully saturated rings. The van der Waals surface area contributed by atoms with Crippen LogP contribution in [0.2, 0.25) is 0 Å². The summed E-state index contributed by atoms with van der Waals surface area (Å²) in [6.07, 6.45) is 3.48. The lowest BCUT2D eigenvalue weighted by Crippen LogP contribution is -2.18. The third-order valence-electron chi connectivity index (χ3n) is 5.04. The molecule has 2 aromatic carbocycles. The molecule has 0 spiro atoms. The molecule has 4 rings (SSSR count). The van der Waals surface area contributed by atoms with Gasteiger partial charge in [-0.1, -0.05) is 78.9 Å². The number of hydrogen-bond acceptors (Lipinski definition) is 3. The van der Waals surface area contributed by atoms with Gasteiger partial charge in [0.2, 0.25) is 0 Å². The van der Waals surface area contributed by atoms with Gasteiger partial charge in [-0.05, 0) is 37.3 Å². The first-order chi connectivity index (χ1) is 13.8. The lowest BCUT2D eigenvalue weighted by Gasteiger charge is -2.27. The number of rotatable bonds is 3. The molecule has 1 aliphatic carbocycles. The molecule has 1 aromatic heterocycles. The Balaban J connectivity index is 1.68. The molecule has 0 radical (unpaired) electrons. The molecule has 3 heteroatoms. The predicted molar refractivity (Wildman–Crippen MR) is 116 cm³/mol. The maximum Gasteiger partial charge on any atom is 0.130 e. The Morgan fingerprint density at radius 1 is 0.821 bits per heavy atom. The quantitative estimate of drug-likeness (QED) is 0.611. The SMILES string of the molecule is Cc1nc(NC2CCCc3ccccc32)cc(-c2ccccccccc2)n1. The van der Waals surface area contributed by atoms with Crippen molar-refractivity contribution in [3.63, 3.8) is 0 Å². The largest absolute Gasteiger partial charge is 0.363 e. The van der Waals surface area contributed by atoms with Crippen molar-refractivity contribution in [3.8, 4) is 11.3 Å². The van der Waals surface area contributed by atoms with Gasteiger partial charge in [-0.3, -0.25) is 0 Å². The van der Waals surface area contributed by atoms with Gasteiger partial charge in [-0.15, -0.1) is 0 Å². The molecule has 1 unspecified atom stereocenters. The van der Waals surface area contributed by atoms with E-state index in [1.165, 1.54) is 17.5 Å². The molecule has 1 N–H and O–H groups in total. The molecule has 0 aliphatic heterocycles. The molecule has 140 valence electrons. The van der Waals surface area contributed by atoms with Crippen molar-refractivity contribution in [2.75, 3.05) is 5.32 Å². The summed E-state index contributed by atoms with van der Waals surface area (Å²) in [5.41, 5.74) is 4.83. The minimum atomic E-state index is 0.300. The molecular formula is C25H25N3. The van der Waals surface area contributed by atoms with Crippen molar-refractivity contribution in [1.29, 1.82) is 0 Å². The summed E-state index contributed by atoms with van der Waals surface area (Å²) in [5, 5.41) is 3.66. The highest BCUT2D eigenvalue weighted by Gasteiger charge is 2.20. The van der Waals surface area contributed by atoms with Crippen molar-refractivity contribution < 1.29 is 0 Å². The average molecular weight is 367 g/mol. The topological polar surface area (TPSA) is 37.8 Å². The maximum atomic E-state index is 4.67. The smallest absolute Gasteiger partial charge is 0.130 e. The fraction of sp³-hybridized carbons (Fsp3) is 0.200. The second-order valence-corrected chi connectivity index (χ2v) is 7.11. The monoisotopic (exact) mass is 367 g/mol. The highest BCUT2D eigenvalue weighted by atomic mass is 15.0. The normalized spacial score (nSPS) is 15.2. The van der Waals surface area contributed by atoms with E-state index < -0.39 is 0 Å². The molecule has 0 saturated carbocycles. The fourth-order valence-corrected chi connectivity index (χ4v) is 3.74. The first-order valence-electron chi connectivity index (χ1n) is 9.88. The molecule has 0 saturated heterocycles. The number of nitrogens with one attached hydrogen (secondary N) is 1. The van der Waals surface area contributed by atoms with Crippen molar-refractivity contribution in [2.24, 2.45) is 0 Å². The van der Waals surface area contributed by atoms with Crippen LogP contribution in [0.25, 0.3) is 11.3 Å². The second-order valence-electron chi connectivity index (χ2n) is 7.11. The van der Waals surface area contributed by atoms with E-state index in [1.54, 1.807) is 0 Å². The molecule has 3 nitrogen and oxygen atoms in total. The van der Waals surface area contributed by atoms with Gasteiger partial charge in [0.15, 0.2) is 0 Å². The second kappa shape index (κ2) is 8.66. The van der Waals surface area contributed by atoms with Crippen LogP contribution in [-0.4, -0.2) is 9.97 Å². The number of benzene rings is 1. The van der Waals surface area contributed by atoms with Crippen molar-refractivity contribution >= 4 is 5.82 Å². The first kappa shape index (κ1) is 18.2. The van der Waals surface area contributed by atoms with Crippen molar-refractivity contribution in [1.82, 2.24) is 9.97 Å². The number of hydrogen-bond donors (Lipinski definition) is 1. The van der Waals surface area contributed by atoms with Crippen molar-refractivity contribution in [2.45, 2.75) is 32.2 Å². The number of anilines is 1.